The molecule has 1 aromatic carbocycles. The molecule has 0 saturated carbocycles. The molecule has 11 nitrogen and oxygen atoms in total. The average Bonchev–Trinajstić information content (AvgIpc) is 3.09. The number of benzene rings is 1. The Morgan fingerprint density at radius 1 is 1.12 bits per heavy atom. The lowest BCUT2D eigenvalue weighted by molar-refractivity contribution is -0.117. The second-order valence-electron chi connectivity index (χ2n) is 6.69. The number of carbonyl (C=O) groups is 1. The minimum absolute atomic E-state index is 0. The van der Waals surface area contributed by atoms with Crippen molar-refractivity contribution in [1.82, 2.24) is 9.97 Å². The number of primary sulfonamides is 1. The second kappa shape index (κ2) is 11.4. The summed E-state index contributed by atoms with van der Waals surface area (Å²) >= 11 is 0.886. The lowest BCUT2D eigenvalue weighted by Gasteiger charge is -2.13. The summed E-state index contributed by atoms with van der Waals surface area (Å²) in [6.45, 7) is 1.55. The summed E-state index contributed by atoms with van der Waals surface area (Å²) in [6, 6.07) is 13.3. The van der Waals surface area contributed by atoms with Gasteiger partial charge in [0.2, 0.25) is 15.9 Å². The number of sulfonamides is 1. The SMILES string of the molecule is CS(=O)(=O)O.Cc1nc(N(C)C(=O)Cc2ccc(-c3ccccn3)cc2)sc1S(N)(=O)=O.O. The Labute approximate surface area is 196 Å². The predicted octanol–water partition coefficient (Wildman–Crippen LogP) is 1.05. The molecule has 0 fully saturated rings. The minimum Gasteiger partial charge on any atom is -0.412 e. The predicted molar refractivity (Wildman–Crippen MR) is 126 cm³/mol. The van der Waals surface area contributed by atoms with Crippen molar-refractivity contribution in [2.75, 3.05) is 18.2 Å². The normalized spacial score (nSPS) is 11.1. The number of nitrogens with zero attached hydrogens (tertiary/aromatic N) is 3. The molecule has 0 aliphatic heterocycles. The maximum atomic E-state index is 12.5. The van der Waals surface area contributed by atoms with Gasteiger partial charge in [0.1, 0.15) is 0 Å². The van der Waals surface area contributed by atoms with E-state index in [0.29, 0.717) is 11.4 Å². The summed E-state index contributed by atoms with van der Waals surface area (Å²) in [4.78, 5) is 22.3. The number of hydrogen-bond donors (Lipinski definition) is 2. The van der Waals surface area contributed by atoms with Crippen molar-refractivity contribution >= 4 is 42.5 Å². The number of carbonyl (C=O) groups excluding carboxylic acids is 1. The van der Waals surface area contributed by atoms with Crippen molar-refractivity contribution in [3.8, 4) is 11.3 Å². The summed E-state index contributed by atoms with van der Waals surface area (Å²) in [5.41, 5.74) is 2.96. The number of hydrogen-bond acceptors (Lipinski definition) is 8. The molecule has 0 unspecified atom stereocenters. The number of anilines is 1. The fourth-order valence-corrected chi connectivity index (χ4v) is 4.43. The molecule has 33 heavy (non-hydrogen) atoms. The number of pyridine rings is 1. The van der Waals surface area contributed by atoms with Crippen molar-refractivity contribution < 1.29 is 31.7 Å². The molecule has 1 amide bonds. The number of likely N-dealkylation sites (N-methyl/N-ethyl adjacent to an activating group) is 1. The Kier molecular flexibility index (Phi) is 9.77. The molecule has 0 radical (unpaired) electrons. The van der Waals surface area contributed by atoms with Crippen molar-refractivity contribution in [2.24, 2.45) is 5.14 Å². The van der Waals surface area contributed by atoms with E-state index in [1.807, 2.05) is 42.5 Å². The van der Waals surface area contributed by atoms with Crippen LogP contribution in [0.2, 0.25) is 0 Å². The minimum atomic E-state index is -3.85. The van der Waals surface area contributed by atoms with E-state index in [1.165, 1.54) is 4.90 Å². The van der Waals surface area contributed by atoms with Crippen LogP contribution in [0.5, 0.6) is 0 Å². The highest BCUT2D eigenvalue weighted by Gasteiger charge is 2.22. The van der Waals surface area contributed by atoms with E-state index in [0.717, 1.165) is 28.2 Å². The highest BCUT2D eigenvalue weighted by molar-refractivity contribution is 7.91. The Balaban J connectivity index is 0.000000821. The summed E-state index contributed by atoms with van der Waals surface area (Å²) < 4.78 is 48.9. The van der Waals surface area contributed by atoms with Crippen molar-refractivity contribution in [1.29, 1.82) is 0 Å². The molecule has 0 aliphatic rings. The van der Waals surface area contributed by atoms with E-state index in [4.69, 9.17) is 9.69 Å². The molecule has 0 aliphatic carbocycles. The van der Waals surface area contributed by atoms with Gasteiger partial charge in [0.05, 0.1) is 24.1 Å². The topological polar surface area (TPSA) is 192 Å². The van der Waals surface area contributed by atoms with Gasteiger partial charge < -0.3 is 5.48 Å². The molecule has 0 atom stereocenters. The zero-order valence-corrected chi connectivity index (χ0v) is 20.4. The van der Waals surface area contributed by atoms with Crippen LogP contribution >= 0.6 is 11.3 Å². The van der Waals surface area contributed by atoms with E-state index < -0.39 is 20.1 Å². The fourth-order valence-electron chi connectivity index (χ4n) is 2.50. The first-order valence-corrected chi connectivity index (χ1v) is 13.2. The van der Waals surface area contributed by atoms with Crippen molar-refractivity contribution in [3.05, 3.63) is 59.9 Å². The fraction of sp³-hybridized carbons (Fsp3) is 0.211. The number of aromatic nitrogens is 2. The summed E-state index contributed by atoms with van der Waals surface area (Å²) in [5, 5.41) is 5.46. The van der Waals surface area contributed by atoms with E-state index in [-0.39, 0.29) is 27.7 Å². The van der Waals surface area contributed by atoms with Crippen LogP contribution in [0.25, 0.3) is 11.3 Å². The zero-order valence-electron chi connectivity index (χ0n) is 18.0. The Morgan fingerprint density at radius 2 is 1.70 bits per heavy atom. The Hall–Kier alpha value is -2.75. The van der Waals surface area contributed by atoms with Crippen molar-refractivity contribution in [2.45, 2.75) is 17.6 Å². The molecule has 3 rings (SSSR count). The highest BCUT2D eigenvalue weighted by Crippen LogP contribution is 2.28. The number of nitrogens with two attached hydrogens (primary N) is 1. The molecular weight excluding hydrogens is 492 g/mol. The zero-order chi connectivity index (χ0) is 24.1. The molecule has 5 N–H and O–H groups in total. The van der Waals surface area contributed by atoms with Crippen LogP contribution in [0.1, 0.15) is 11.3 Å². The molecule has 2 heterocycles. The average molecular weight is 517 g/mol. The number of aryl methyl sites for hydroxylation is 1. The van der Waals surface area contributed by atoms with E-state index in [1.54, 1.807) is 20.2 Å². The van der Waals surface area contributed by atoms with Gasteiger partial charge in [-0.25, -0.2) is 18.5 Å². The van der Waals surface area contributed by atoms with Crippen LogP contribution in [-0.2, 0) is 31.4 Å². The maximum Gasteiger partial charge on any atom is 0.261 e. The Morgan fingerprint density at radius 3 is 2.15 bits per heavy atom. The molecule has 0 spiro atoms. The van der Waals surface area contributed by atoms with Gasteiger partial charge in [0.25, 0.3) is 10.1 Å². The third kappa shape index (κ3) is 8.95. The van der Waals surface area contributed by atoms with Gasteiger partial charge in [-0.1, -0.05) is 41.7 Å². The van der Waals surface area contributed by atoms with Gasteiger partial charge in [0.15, 0.2) is 9.34 Å². The monoisotopic (exact) mass is 516 g/mol. The molecular formula is C19H24N4O7S3. The number of thiazole rings is 1. The van der Waals surface area contributed by atoms with Gasteiger partial charge in [-0.2, -0.15) is 8.42 Å². The number of amides is 1. The standard InChI is InChI=1S/C18H18N4O3S2.CH4O3S.H2O/c1-12-17(27(19,24)25)26-18(21-12)22(2)16(23)11-13-6-8-14(9-7-13)15-5-3-4-10-20-15;1-5(2,3)4;/h3-10H,11H2,1-2H3,(H2,19,24,25);1H3,(H,2,3,4);1H2. The van der Waals surface area contributed by atoms with E-state index in [9.17, 15) is 21.6 Å². The number of rotatable bonds is 5. The largest absolute Gasteiger partial charge is 0.412 e. The quantitative estimate of drug-likeness (QED) is 0.470. The van der Waals surface area contributed by atoms with Crippen LogP contribution < -0.4 is 10.0 Å². The first-order chi connectivity index (χ1) is 14.8. The Bertz CT molecular complexity index is 1280. The summed E-state index contributed by atoms with van der Waals surface area (Å²) in [6.07, 6.45) is 2.61. The second-order valence-corrected chi connectivity index (χ2v) is 10.9. The van der Waals surface area contributed by atoms with Gasteiger partial charge in [0, 0.05) is 18.8 Å². The molecule has 3 aromatic rings. The lowest BCUT2D eigenvalue weighted by Crippen LogP contribution is -2.27. The molecule has 2 aromatic heterocycles. The molecule has 180 valence electrons. The lowest BCUT2D eigenvalue weighted by atomic mass is 10.1. The maximum absolute atomic E-state index is 12.5. The van der Waals surface area contributed by atoms with Crippen LogP contribution in [0, 0.1) is 6.92 Å². The van der Waals surface area contributed by atoms with Gasteiger partial charge in [-0.05, 0) is 24.6 Å². The van der Waals surface area contributed by atoms with Crippen LogP contribution in [-0.4, -0.2) is 56.0 Å². The van der Waals surface area contributed by atoms with Gasteiger partial charge >= 0.3 is 0 Å². The molecule has 0 saturated heterocycles. The first-order valence-electron chi connectivity index (χ1n) is 8.95. The third-order valence-corrected chi connectivity index (χ3v) is 6.72. The van der Waals surface area contributed by atoms with Crippen molar-refractivity contribution in [3.63, 3.8) is 0 Å². The van der Waals surface area contributed by atoms with Crippen LogP contribution in [0.15, 0.2) is 52.9 Å². The summed E-state index contributed by atoms with van der Waals surface area (Å²) in [5.74, 6) is -0.199. The molecule has 0 bridgehead atoms. The van der Waals surface area contributed by atoms with Crippen LogP contribution in [0.3, 0.4) is 0 Å². The van der Waals surface area contributed by atoms with E-state index >= 15 is 0 Å². The highest BCUT2D eigenvalue weighted by atomic mass is 32.2. The summed E-state index contributed by atoms with van der Waals surface area (Å²) in [7, 11) is -5.95. The smallest absolute Gasteiger partial charge is 0.261 e. The van der Waals surface area contributed by atoms with Gasteiger partial charge in [-0.3, -0.25) is 19.2 Å². The van der Waals surface area contributed by atoms with Gasteiger partial charge in [-0.15, -0.1) is 0 Å². The van der Waals surface area contributed by atoms with E-state index in [2.05, 4.69) is 9.97 Å². The third-order valence-electron chi connectivity index (χ3n) is 3.93. The first kappa shape index (κ1) is 28.3. The molecule has 14 heteroatoms. The van der Waals surface area contributed by atoms with Crippen LogP contribution in [0.4, 0.5) is 5.13 Å².